The molecule has 0 saturated carbocycles. The molecule has 1 fully saturated rings. The molecule has 0 aliphatic carbocycles. The third-order valence-corrected chi connectivity index (χ3v) is 6.32. The van der Waals surface area contributed by atoms with Gasteiger partial charge in [-0.1, -0.05) is 12.1 Å². The number of morpholine rings is 1. The van der Waals surface area contributed by atoms with Crippen LogP contribution in [0.15, 0.2) is 47.2 Å². The summed E-state index contributed by atoms with van der Waals surface area (Å²) in [6, 6.07) is 8.92. The third-order valence-electron chi connectivity index (χ3n) is 5.15. The van der Waals surface area contributed by atoms with E-state index in [1.165, 1.54) is 0 Å². The number of carboxylic acid groups (broad SMARTS) is 1. The number of nitrogens with zero attached hydrogens (tertiary/aromatic N) is 5. The van der Waals surface area contributed by atoms with Gasteiger partial charge in [-0.25, -0.2) is 14.8 Å². The zero-order chi connectivity index (χ0) is 21.4. The molecular formula is C21H20N6O3S. The van der Waals surface area contributed by atoms with Crippen LogP contribution in [0.1, 0.15) is 10.4 Å². The zero-order valence-electron chi connectivity index (χ0n) is 16.6. The van der Waals surface area contributed by atoms with Gasteiger partial charge in [0.05, 0.1) is 29.0 Å². The van der Waals surface area contributed by atoms with Crippen LogP contribution in [0.5, 0.6) is 0 Å². The molecule has 3 N–H and O–H groups in total. The van der Waals surface area contributed by atoms with Crippen LogP contribution >= 0.6 is 11.3 Å². The average Bonchev–Trinajstić information content (AvgIpc) is 3.24. The summed E-state index contributed by atoms with van der Waals surface area (Å²) in [4.78, 5) is 30.2. The highest BCUT2D eigenvalue weighted by atomic mass is 32.1. The maximum atomic E-state index is 11.4. The fourth-order valence-corrected chi connectivity index (χ4v) is 4.64. The van der Waals surface area contributed by atoms with Gasteiger partial charge in [0.1, 0.15) is 12.2 Å². The lowest BCUT2D eigenvalue weighted by atomic mass is 10.1. The summed E-state index contributed by atoms with van der Waals surface area (Å²) < 4.78 is 6.47. The Morgan fingerprint density at radius 3 is 2.77 bits per heavy atom. The number of hydrogen-bond donors (Lipinski definition) is 2. The molecule has 9 nitrogen and oxygen atoms in total. The second-order valence-electron chi connectivity index (χ2n) is 7.18. The Hall–Kier alpha value is -3.50. The summed E-state index contributed by atoms with van der Waals surface area (Å²) >= 11 is 1.56. The smallest absolute Gasteiger partial charge is 0.335 e. The Labute approximate surface area is 182 Å². The minimum atomic E-state index is -0.948. The number of benzene rings is 1. The minimum Gasteiger partial charge on any atom is -0.478 e. The molecule has 0 spiro atoms. The van der Waals surface area contributed by atoms with Crippen molar-refractivity contribution in [2.24, 2.45) is 10.7 Å². The number of nitrogens with two attached hydrogens (primary N) is 1. The highest BCUT2D eigenvalue weighted by molar-refractivity contribution is 7.22. The Balaban J connectivity index is 1.62. The largest absolute Gasteiger partial charge is 0.478 e. The van der Waals surface area contributed by atoms with E-state index >= 15 is 0 Å². The van der Waals surface area contributed by atoms with E-state index in [9.17, 15) is 9.90 Å². The molecule has 0 radical (unpaired) electrons. The Bertz CT molecular complexity index is 1220. The fraction of sp³-hybridized carbons (Fsp3) is 0.238. The van der Waals surface area contributed by atoms with Gasteiger partial charge in [0.25, 0.3) is 0 Å². The molecule has 5 rings (SSSR count). The van der Waals surface area contributed by atoms with Crippen LogP contribution in [0.4, 0.5) is 11.8 Å². The van der Waals surface area contributed by atoms with Crippen molar-refractivity contribution < 1.29 is 14.6 Å². The molecule has 10 heteroatoms. The van der Waals surface area contributed by atoms with E-state index in [1.54, 1.807) is 35.9 Å². The first kappa shape index (κ1) is 19.5. The number of carboxylic acids is 1. The van der Waals surface area contributed by atoms with Crippen LogP contribution in [0, 0.1) is 0 Å². The van der Waals surface area contributed by atoms with Crippen molar-refractivity contribution in [2.75, 3.05) is 42.6 Å². The maximum Gasteiger partial charge on any atom is 0.335 e. The summed E-state index contributed by atoms with van der Waals surface area (Å²) in [5.41, 5.74) is 7.65. The lowest BCUT2D eigenvalue weighted by molar-refractivity contribution is 0.0697. The molecule has 158 valence electrons. The van der Waals surface area contributed by atoms with Gasteiger partial charge in [-0.3, -0.25) is 4.90 Å². The predicted octanol–water partition coefficient (Wildman–Crippen LogP) is 2.54. The number of rotatable bonds is 4. The van der Waals surface area contributed by atoms with Crippen molar-refractivity contribution in [3.8, 4) is 10.4 Å². The van der Waals surface area contributed by atoms with Gasteiger partial charge in [-0.15, -0.1) is 11.3 Å². The maximum absolute atomic E-state index is 11.4. The van der Waals surface area contributed by atoms with Crippen molar-refractivity contribution in [1.29, 1.82) is 0 Å². The second-order valence-corrected chi connectivity index (χ2v) is 8.24. The van der Waals surface area contributed by atoms with Crippen LogP contribution in [-0.2, 0) is 4.74 Å². The number of fused-ring (bicyclic) bond motifs is 1. The molecule has 2 aliphatic rings. The molecule has 2 aromatic heterocycles. The lowest BCUT2D eigenvalue weighted by Gasteiger charge is -2.29. The van der Waals surface area contributed by atoms with E-state index in [0.29, 0.717) is 31.5 Å². The highest BCUT2D eigenvalue weighted by Crippen LogP contribution is 2.38. The number of thiophene rings is 1. The van der Waals surface area contributed by atoms with Crippen molar-refractivity contribution in [1.82, 2.24) is 9.97 Å². The van der Waals surface area contributed by atoms with Gasteiger partial charge >= 0.3 is 5.97 Å². The normalized spacial score (nSPS) is 16.6. The van der Waals surface area contributed by atoms with Crippen molar-refractivity contribution in [2.45, 2.75) is 0 Å². The number of aromatic carboxylic acids is 1. The van der Waals surface area contributed by atoms with Crippen LogP contribution in [0.3, 0.4) is 0 Å². The van der Waals surface area contributed by atoms with E-state index in [0.717, 1.165) is 39.6 Å². The third kappa shape index (κ3) is 3.82. The van der Waals surface area contributed by atoms with Gasteiger partial charge in [0, 0.05) is 24.5 Å². The standard InChI is InChI=1S/C21H20N6O3S/c22-17-4-5-27(12-23-17)21-24-15-11-16(13-2-1-3-14(10-13)20(28)29)31-18(15)19(25-21)26-6-8-30-9-7-26/h1-4,10-12H,5-9,22H2,(H,28,29). The minimum absolute atomic E-state index is 0.254. The molecule has 0 amide bonds. The van der Waals surface area contributed by atoms with Gasteiger partial charge in [-0.2, -0.15) is 4.98 Å². The SMILES string of the molecule is NC1=CCN(c2nc(N3CCOCC3)c3sc(-c4cccc(C(=O)O)c4)cc3n2)C=N1. The first-order chi connectivity index (χ1) is 15.1. The van der Waals surface area contributed by atoms with E-state index in [2.05, 4.69) is 9.89 Å². The number of hydrogen-bond acceptors (Lipinski definition) is 9. The molecule has 2 aliphatic heterocycles. The Kier molecular flexibility index (Phi) is 5.00. The Morgan fingerprint density at radius 2 is 2.03 bits per heavy atom. The predicted molar refractivity (Wildman–Crippen MR) is 121 cm³/mol. The number of carbonyl (C=O) groups is 1. The van der Waals surface area contributed by atoms with Crippen molar-refractivity contribution in [3.63, 3.8) is 0 Å². The van der Waals surface area contributed by atoms with E-state index in [-0.39, 0.29) is 5.56 Å². The fourth-order valence-electron chi connectivity index (χ4n) is 3.53. The van der Waals surface area contributed by atoms with Crippen LogP contribution in [-0.4, -0.2) is 60.2 Å². The number of ether oxygens (including phenoxy) is 1. The van der Waals surface area contributed by atoms with Gasteiger partial charge < -0.3 is 20.5 Å². The average molecular weight is 436 g/mol. The monoisotopic (exact) mass is 436 g/mol. The summed E-state index contributed by atoms with van der Waals surface area (Å²) in [7, 11) is 0. The van der Waals surface area contributed by atoms with Crippen molar-refractivity contribution in [3.05, 3.63) is 47.8 Å². The number of anilines is 2. The van der Waals surface area contributed by atoms with Crippen molar-refractivity contribution >= 4 is 45.6 Å². The zero-order valence-corrected chi connectivity index (χ0v) is 17.4. The second kappa shape index (κ2) is 7.97. The first-order valence-electron chi connectivity index (χ1n) is 9.83. The Morgan fingerprint density at radius 1 is 1.19 bits per heavy atom. The molecule has 31 heavy (non-hydrogen) atoms. The van der Waals surface area contributed by atoms with E-state index in [4.69, 9.17) is 20.4 Å². The van der Waals surface area contributed by atoms with Crippen LogP contribution in [0.25, 0.3) is 20.7 Å². The van der Waals surface area contributed by atoms with Crippen LogP contribution < -0.4 is 15.5 Å². The molecule has 1 saturated heterocycles. The molecule has 4 heterocycles. The van der Waals surface area contributed by atoms with Gasteiger partial charge in [0.2, 0.25) is 5.95 Å². The molecule has 3 aromatic rings. The number of aliphatic imine (C=N–C) groups is 1. The summed E-state index contributed by atoms with van der Waals surface area (Å²) in [5, 5.41) is 9.34. The quantitative estimate of drug-likeness (QED) is 0.641. The lowest BCUT2D eigenvalue weighted by Crippen LogP contribution is -2.37. The molecule has 0 atom stereocenters. The first-order valence-corrected chi connectivity index (χ1v) is 10.6. The van der Waals surface area contributed by atoms with E-state index < -0.39 is 5.97 Å². The molecule has 1 aromatic carbocycles. The molecular weight excluding hydrogens is 416 g/mol. The molecule has 0 bridgehead atoms. The van der Waals surface area contributed by atoms with Gasteiger partial charge in [0.15, 0.2) is 5.82 Å². The van der Waals surface area contributed by atoms with Gasteiger partial charge in [-0.05, 0) is 29.8 Å². The summed E-state index contributed by atoms with van der Waals surface area (Å²) in [6.07, 6.45) is 3.46. The van der Waals surface area contributed by atoms with E-state index in [1.807, 2.05) is 23.1 Å². The van der Waals surface area contributed by atoms with Crippen LogP contribution in [0.2, 0.25) is 0 Å². The summed E-state index contributed by atoms with van der Waals surface area (Å²) in [6.45, 7) is 3.32. The topological polar surface area (TPSA) is 117 Å². The summed E-state index contributed by atoms with van der Waals surface area (Å²) in [5.74, 6) is 0.924. The number of aromatic nitrogens is 2. The highest BCUT2D eigenvalue weighted by Gasteiger charge is 2.22. The molecule has 0 unspecified atom stereocenters.